The molecule has 4 nitrogen and oxygen atoms in total. The summed E-state index contributed by atoms with van der Waals surface area (Å²) in [6, 6.07) is 3.48. The van der Waals surface area contributed by atoms with Crippen molar-refractivity contribution in [3.05, 3.63) is 27.2 Å². The van der Waals surface area contributed by atoms with Crippen LogP contribution in [0.15, 0.2) is 12.1 Å². The van der Waals surface area contributed by atoms with E-state index in [2.05, 4.69) is 10.6 Å². The van der Waals surface area contributed by atoms with E-state index in [9.17, 15) is 4.79 Å². The maximum absolute atomic E-state index is 11.9. The lowest BCUT2D eigenvalue weighted by molar-refractivity contribution is -0.117. The van der Waals surface area contributed by atoms with Gasteiger partial charge in [0.1, 0.15) is 0 Å². The Kier molecular flexibility index (Phi) is 4.92. The Hall–Kier alpha value is -0.520. The lowest BCUT2D eigenvalue weighted by atomic mass is 10.1. The molecule has 7 heteroatoms. The zero-order chi connectivity index (χ0) is 14.0. The van der Waals surface area contributed by atoms with E-state index >= 15 is 0 Å². The Balaban J connectivity index is 1.96. The van der Waals surface area contributed by atoms with E-state index < -0.39 is 0 Å². The molecule has 0 bridgehead atoms. The maximum atomic E-state index is 11.9. The van der Waals surface area contributed by atoms with E-state index in [1.165, 1.54) is 6.07 Å². The van der Waals surface area contributed by atoms with Crippen molar-refractivity contribution in [1.29, 1.82) is 0 Å². The molecule has 1 aliphatic rings. The van der Waals surface area contributed by atoms with Crippen molar-refractivity contribution < 1.29 is 4.79 Å². The first-order valence-corrected chi connectivity index (χ1v) is 6.96. The molecule has 0 spiro atoms. The van der Waals surface area contributed by atoms with Gasteiger partial charge in [-0.15, -0.1) is 0 Å². The third-order valence-electron chi connectivity index (χ3n) is 3.06. The minimum atomic E-state index is -0.130. The molecule has 104 valence electrons. The first kappa shape index (κ1) is 14.9. The molecule has 0 unspecified atom stereocenters. The summed E-state index contributed by atoms with van der Waals surface area (Å²) in [6.07, 6.45) is 0. The Morgan fingerprint density at radius 3 is 2.53 bits per heavy atom. The third kappa shape index (κ3) is 3.74. The highest BCUT2D eigenvalue weighted by molar-refractivity contribution is 6.44. The number of halogens is 3. The van der Waals surface area contributed by atoms with Gasteiger partial charge in [-0.2, -0.15) is 0 Å². The van der Waals surface area contributed by atoms with Crippen molar-refractivity contribution in [3.8, 4) is 0 Å². The van der Waals surface area contributed by atoms with Crippen LogP contribution in [-0.4, -0.2) is 43.5 Å². The number of amides is 1. The minimum Gasteiger partial charge on any atom is -0.324 e. The Bertz CT molecular complexity index is 491. The van der Waals surface area contributed by atoms with E-state index in [4.69, 9.17) is 34.8 Å². The molecule has 0 saturated carbocycles. The number of likely N-dealkylation sites (N-methyl/N-ethyl adjacent to an activating group) is 1. The molecule has 0 aromatic heterocycles. The van der Waals surface area contributed by atoms with Gasteiger partial charge in [-0.05, 0) is 19.2 Å². The molecule has 1 aromatic carbocycles. The largest absolute Gasteiger partial charge is 0.324 e. The normalized spacial score (nSPS) is 15.4. The average molecular weight is 323 g/mol. The van der Waals surface area contributed by atoms with Gasteiger partial charge in [-0.25, -0.2) is 0 Å². The number of hydrogen-bond donors (Lipinski definition) is 2. The zero-order valence-electron chi connectivity index (χ0n) is 10.3. The molecular weight excluding hydrogens is 309 g/mol. The molecule has 1 fully saturated rings. The number of anilines is 1. The summed E-state index contributed by atoms with van der Waals surface area (Å²) in [4.78, 5) is 13.9. The summed E-state index contributed by atoms with van der Waals surface area (Å²) in [5.74, 6) is -0.130. The molecule has 2 rings (SSSR count). The SMILES string of the molecule is CN(CC(=O)Nc1cc(Cl)c(Cl)cc1Cl)C1CNC1. The summed E-state index contributed by atoms with van der Waals surface area (Å²) in [5, 5.41) is 6.99. The molecule has 19 heavy (non-hydrogen) atoms. The van der Waals surface area contributed by atoms with Gasteiger partial charge in [0.25, 0.3) is 0 Å². The fourth-order valence-corrected chi connectivity index (χ4v) is 2.34. The number of rotatable bonds is 4. The number of carbonyl (C=O) groups is 1. The summed E-state index contributed by atoms with van der Waals surface area (Å²) in [5.41, 5.74) is 0.473. The molecule has 1 heterocycles. The first-order valence-electron chi connectivity index (χ1n) is 5.82. The number of nitrogens with zero attached hydrogens (tertiary/aromatic N) is 1. The van der Waals surface area contributed by atoms with E-state index in [-0.39, 0.29) is 5.91 Å². The van der Waals surface area contributed by atoms with Crippen molar-refractivity contribution >= 4 is 46.4 Å². The molecule has 2 N–H and O–H groups in total. The van der Waals surface area contributed by atoms with Gasteiger partial charge >= 0.3 is 0 Å². The first-order chi connectivity index (χ1) is 8.97. The fraction of sp³-hybridized carbons (Fsp3) is 0.417. The lowest BCUT2D eigenvalue weighted by Gasteiger charge is -2.35. The van der Waals surface area contributed by atoms with Crippen LogP contribution in [0.3, 0.4) is 0 Å². The Labute approximate surface area is 127 Å². The predicted molar refractivity (Wildman–Crippen MR) is 79.4 cm³/mol. The molecule has 1 aromatic rings. The highest BCUT2D eigenvalue weighted by Gasteiger charge is 2.23. The molecule has 1 amide bonds. The second-order valence-corrected chi connectivity index (χ2v) is 5.74. The third-order valence-corrected chi connectivity index (χ3v) is 4.10. The van der Waals surface area contributed by atoms with Gasteiger partial charge in [0.2, 0.25) is 5.91 Å². The summed E-state index contributed by atoms with van der Waals surface area (Å²) < 4.78 is 0. The molecular formula is C12H14Cl3N3O. The summed E-state index contributed by atoms with van der Waals surface area (Å²) in [7, 11) is 1.92. The highest BCUT2D eigenvalue weighted by atomic mass is 35.5. The smallest absolute Gasteiger partial charge is 0.238 e. The van der Waals surface area contributed by atoms with Crippen LogP contribution in [0.1, 0.15) is 0 Å². The number of benzene rings is 1. The topological polar surface area (TPSA) is 44.4 Å². The number of nitrogens with one attached hydrogen (secondary N) is 2. The van der Waals surface area contributed by atoms with E-state index in [0.29, 0.717) is 33.3 Å². The molecule has 1 aliphatic heterocycles. The van der Waals surface area contributed by atoms with Crippen molar-refractivity contribution in [2.45, 2.75) is 6.04 Å². The van der Waals surface area contributed by atoms with Crippen LogP contribution in [-0.2, 0) is 4.79 Å². The van der Waals surface area contributed by atoms with Gasteiger partial charge in [0.05, 0.1) is 27.3 Å². The van der Waals surface area contributed by atoms with Gasteiger partial charge in [-0.3, -0.25) is 9.69 Å². The van der Waals surface area contributed by atoms with Crippen LogP contribution in [0.5, 0.6) is 0 Å². The van der Waals surface area contributed by atoms with Crippen molar-refractivity contribution in [3.63, 3.8) is 0 Å². The molecule has 0 aliphatic carbocycles. The monoisotopic (exact) mass is 321 g/mol. The van der Waals surface area contributed by atoms with Crippen LogP contribution >= 0.6 is 34.8 Å². The second-order valence-electron chi connectivity index (χ2n) is 4.52. The van der Waals surface area contributed by atoms with Crippen LogP contribution in [0.4, 0.5) is 5.69 Å². The van der Waals surface area contributed by atoms with Crippen LogP contribution in [0.2, 0.25) is 15.1 Å². The zero-order valence-corrected chi connectivity index (χ0v) is 12.6. The number of hydrogen-bond acceptors (Lipinski definition) is 3. The second kappa shape index (κ2) is 6.29. The van der Waals surface area contributed by atoms with E-state index in [1.807, 2.05) is 11.9 Å². The predicted octanol–water partition coefficient (Wildman–Crippen LogP) is 2.49. The molecule has 1 saturated heterocycles. The van der Waals surface area contributed by atoms with Gasteiger partial charge in [-0.1, -0.05) is 34.8 Å². The highest BCUT2D eigenvalue weighted by Crippen LogP contribution is 2.32. The molecule has 0 radical (unpaired) electrons. The molecule has 0 atom stereocenters. The van der Waals surface area contributed by atoms with Crippen LogP contribution in [0, 0.1) is 0 Å². The van der Waals surface area contributed by atoms with Gasteiger partial charge in [0, 0.05) is 19.1 Å². The van der Waals surface area contributed by atoms with Crippen molar-refractivity contribution in [1.82, 2.24) is 10.2 Å². The summed E-state index contributed by atoms with van der Waals surface area (Å²) >= 11 is 17.7. The van der Waals surface area contributed by atoms with E-state index in [1.54, 1.807) is 6.07 Å². The summed E-state index contributed by atoms with van der Waals surface area (Å²) in [6.45, 7) is 2.14. The average Bonchev–Trinajstić information content (AvgIpc) is 2.23. The van der Waals surface area contributed by atoms with Gasteiger partial charge < -0.3 is 10.6 Å². The quantitative estimate of drug-likeness (QED) is 0.837. The maximum Gasteiger partial charge on any atom is 0.238 e. The minimum absolute atomic E-state index is 0.130. The lowest BCUT2D eigenvalue weighted by Crippen LogP contribution is -2.57. The van der Waals surface area contributed by atoms with Crippen molar-refractivity contribution in [2.24, 2.45) is 0 Å². The van der Waals surface area contributed by atoms with Gasteiger partial charge in [0.15, 0.2) is 0 Å². The van der Waals surface area contributed by atoms with E-state index in [0.717, 1.165) is 13.1 Å². The Morgan fingerprint density at radius 1 is 1.32 bits per heavy atom. The van der Waals surface area contributed by atoms with Crippen LogP contribution in [0.25, 0.3) is 0 Å². The fourth-order valence-electron chi connectivity index (χ4n) is 1.75. The standard InChI is InChI=1S/C12H14Cl3N3O/c1-18(7-4-16-5-7)6-12(19)17-11-3-9(14)8(13)2-10(11)15/h2-3,7,16H,4-6H2,1H3,(H,17,19). The van der Waals surface area contributed by atoms with Crippen LogP contribution < -0.4 is 10.6 Å². The Morgan fingerprint density at radius 2 is 1.95 bits per heavy atom. The number of carbonyl (C=O) groups excluding carboxylic acids is 1. The van der Waals surface area contributed by atoms with Crippen molar-refractivity contribution in [2.75, 3.05) is 32.0 Å².